The predicted molar refractivity (Wildman–Crippen MR) is 197 cm³/mol. The van der Waals surface area contributed by atoms with Gasteiger partial charge >= 0.3 is 23.9 Å². The Morgan fingerprint density at radius 2 is 1.54 bits per heavy atom. The number of halogens is 2. The lowest BCUT2D eigenvalue weighted by atomic mass is 9.94. The molecule has 0 radical (unpaired) electrons. The maximum absolute atomic E-state index is 15.0. The van der Waals surface area contributed by atoms with Gasteiger partial charge < -0.3 is 38.6 Å². The smallest absolute Gasteiger partial charge is 0.358 e. The van der Waals surface area contributed by atoms with Crippen LogP contribution in [0.4, 0.5) is 30.6 Å². The number of urea groups is 1. The van der Waals surface area contributed by atoms with Gasteiger partial charge in [0, 0.05) is 73.1 Å². The number of fused-ring (bicyclic) bond motifs is 1. The summed E-state index contributed by atoms with van der Waals surface area (Å²) in [6, 6.07) is 16.7. The molecule has 16 nitrogen and oxygen atoms in total. The van der Waals surface area contributed by atoms with Crippen LogP contribution in [0, 0.1) is 11.6 Å². The lowest BCUT2D eigenvalue weighted by Crippen LogP contribution is -2.58. The molecule has 0 spiro atoms. The normalized spacial score (nSPS) is 25.6. The molecule has 18 heteroatoms. The van der Waals surface area contributed by atoms with E-state index in [1.54, 1.807) is 26.0 Å². The third-order valence-electron chi connectivity index (χ3n) is 10.2. The number of hydrogen-bond donors (Lipinski definition) is 1. The van der Waals surface area contributed by atoms with E-state index in [1.807, 2.05) is 36.4 Å². The summed E-state index contributed by atoms with van der Waals surface area (Å²) in [6.45, 7) is 6.24. The quantitative estimate of drug-likeness (QED) is 0.233. The van der Waals surface area contributed by atoms with Gasteiger partial charge in [0.15, 0.2) is 6.29 Å². The maximum Gasteiger partial charge on any atom is 0.358 e. The number of carbonyl (C=O) groups excluding carboxylic acids is 3. The van der Waals surface area contributed by atoms with Crippen molar-refractivity contribution in [1.29, 1.82) is 0 Å². The van der Waals surface area contributed by atoms with Crippen LogP contribution >= 0.6 is 0 Å². The maximum atomic E-state index is 15.0. The molecule has 0 saturated carbocycles. The average Bonchev–Trinajstić information content (AvgIpc) is 3.91. The highest BCUT2D eigenvalue weighted by Crippen LogP contribution is 2.40. The molecule has 57 heavy (non-hydrogen) atoms. The Hall–Kier alpha value is -6.11. The molecule has 3 saturated heterocycles. The number of hydrogen-bond acceptors (Lipinski definition) is 13. The molecule has 0 aliphatic carbocycles. The largest absolute Gasteiger partial charge is 0.488 e. The van der Waals surface area contributed by atoms with Crippen LogP contribution in [0.3, 0.4) is 0 Å². The van der Waals surface area contributed by atoms with E-state index in [1.165, 1.54) is 29.5 Å². The monoisotopic (exact) mass is 787 g/mol. The highest BCUT2D eigenvalue weighted by molar-refractivity contribution is 5.99. The molecule has 1 N–H and O–H groups in total. The Morgan fingerprint density at radius 3 is 2.18 bits per heavy atom. The molecule has 3 fully saturated rings. The van der Waals surface area contributed by atoms with Gasteiger partial charge in [0.25, 0.3) is 6.23 Å². The molecule has 4 atom stereocenters. The van der Waals surface area contributed by atoms with Crippen molar-refractivity contribution in [2.45, 2.75) is 50.5 Å². The molecule has 4 aliphatic heterocycles. The average molecular weight is 788 g/mol. The van der Waals surface area contributed by atoms with Crippen LogP contribution in [0.25, 0.3) is 0 Å². The van der Waals surface area contributed by atoms with Gasteiger partial charge in [-0.15, -0.1) is 0 Å². The first-order chi connectivity index (χ1) is 27.4. The van der Waals surface area contributed by atoms with E-state index in [2.05, 4.69) is 19.9 Å². The first kappa shape index (κ1) is 37.8. The Kier molecular flexibility index (Phi) is 10.0. The summed E-state index contributed by atoms with van der Waals surface area (Å²) < 4.78 is 59.0. The SMILES string of the molecule is CC(C)N1C(=O)N(c2ccc(N3CCN(c4ccc(OC[C@H]5OC[C@](Cn6cncn6)(c6ccc(F)cc6F)O5)cc4)CC3)cc2)C2OC(=O)/C=C/C(=O)OC21O. The number of amides is 2. The number of anilines is 3. The van der Waals surface area contributed by atoms with Gasteiger partial charge in [-0.3, -0.25) is 4.90 Å². The van der Waals surface area contributed by atoms with Crippen molar-refractivity contribution >= 4 is 35.0 Å². The molecule has 4 aromatic rings. The summed E-state index contributed by atoms with van der Waals surface area (Å²) in [6.07, 6.45) is 2.09. The van der Waals surface area contributed by atoms with E-state index < -0.39 is 59.7 Å². The fourth-order valence-corrected chi connectivity index (χ4v) is 7.51. The summed E-state index contributed by atoms with van der Waals surface area (Å²) in [7, 11) is 0. The van der Waals surface area contributed by atoms with E-state index in [0.717, 1.165) is 52.5 Å². The fraction of sp³-hybridized carbons (Fsp3) is 0.359. The van der Waals surface area contributed by atoms with Crippen molar-refractivity contribution in [2.24, 2.45) is 0 Å². The topological polar surface area (TPSA) is 161 Å². The molecule has 2 unspecified atom stereocenters. The molecule has 1 aromatic heterocycles. The molecule has 0 bridgehead atoms. The summed E-state index contributed by atoms with van der Waals surface area (Å²) >= 11 is 0. The van der Waals surface area contributed by atoms with Crippen molar-refractivity contribution in [3.8, 4) is 5.75 Å². The number of carbonyl (C=O) groups is 3. The number of nitrogens with zero attached hydrogens (tertiary/aromatic N) is 7. The molecular weight excluding hydrogens is 748 g/mol. The van der Waals surface area contributed by atoms with Gasteiger partial charge in [-0.1, -0.05) is 6.07 Å². The van der Waals surface area contributed by atoms with Gasteiger partial charge in [0.2, 0.25) is 0 Å². The van der Waals surface area contributed by atoms with Crippen molar-refractivity contribution < 1.29 is 52.0 Å². The molecular formula is C39H39F2N7O9. The summed E-state index contributed by atoms with van der Waals surface area (Å²) in [4.78, 5) is 48.8. The lowest BCUT2D eigenvalue weighted by Gasteiger charge is -2.37. The predicted octanol–water partition coefficient (Wildman–Crippen LogP) is 3.51. The van der Waals surface area contributed by atoms with Crippen LogP contribution in [0.15, 0.2) is 91.5 Å². The van der Waals surface area contributed by atoms with Crippen LogP contribution in [-0.4, -0.2) is 107 Å². The van der Waals surface area contributed by atoms with Crippen LogP contribution in [0.5, 0.6) is 5.75 Å². The first-order valence-corrected chi connectivity index (χ1v) is 18.3. The third-order valence-corrected chi connectivity index (χ3v) is 10.2. The minimum Gasteiger partial charge on any atom is -0.488 e. The standard InChI is InChI=1S/C39H39F2N7O9/c1-25(2)48-37(51)47(36-39(48,52)56-34(50)14-13-33(49)55-36)29-6-4-27(5-7-29)44-15-17-45(18-16-44)28-8-10-30(11-9-28)53-20-35-54-22-38(57-35,21-46-24-42-23-43-46)31-12-3-26(40)19-32(31)41/h3-14,19,23-25,35-36,52H,15-18,20-22H2,1-2H3/b14-13+/t35-,36?,38+,39?/m0/s1. The van der Waals surface area contributed by atoms with Crippen LogP contribution in [0.2, 0.25) is 0 Å². The minimum atomic E-state index is -2.54. The van der Waals surface area contributed by atoms with E-state index in [0.29, 0.717) is 24.5 Å². The second-order valence-electron chi connectivity index (χ2n) is 14.2. The van der Waals surface area contributed by atoms with Crippen molar-refractivity contribution in [1.82, 2.24) is 19.7 Å². The van der Waals surface area contributed by atoms with Crippen LogP contribution in [-0.2, 0) is 40.7 Å². The number of esters is 2. The van der Waals surface area contributed by atoms with Gasteiger partial charge in [-0.05, 0) is 68.4 Å². The highest BCUT2D eigenvalue weighted by Gasteiger charge is 2.64. The molecule has 5 heterocycles. The summed E-state index contributed by atoms with van der Waals surface area (Å²) in [5.74, 6) is -5.30. The van der Waals surface area contributed by atoms with Gasteiger partial charge in [0.1, 0.15) is 42.2 Å². The Morgan fingerprint density at radius 1 is 0.895 bits per heavy atom. The number of ether oxygens (including phenoxy) is 5. The summed E-state index contributed by atoms with van der Waals surface area (Å²) in [5.41, 5.74) is 1.11. The molecule has 3 aromatic carbocycles. The highest BCUT2D eigenvalue weighted by atomic mass is 19.1. The Balaban J connectivity index is 0.869. The van der Waals surface area contributed by atoms with Crippen LogP contribution < -0.4 is 19.4 Å². The summed E-state index contributed by atoms with van der Waals surface area (Å²) in [5, 5.41) is 15.6. The van der Waals surface area contributed by atoms with Crippen molar-refractivity contribution in [3.05, 3.63) is 109 Å². The lowest BCUT2D eigenvalue weighted by molar-refractivity contribution is -0.293. The number of benzene rings is 3. The zero-order valence-corrected chi connectivity index (χ0v) is 30.9. The Labute approximate surface area is 325 Å². The second-order valence-corrected chi connectivity index (χ2v) is 14.2. The fourth-order valence-electron chi connectivity index (χ4n) is 7.51. The molecule has 2 amide bonds. The number of rotatable bonds is 10. The van der Waals surface area contributed by atoms with E-state index in [-0.39, 0.29) is 25.3 Å². The van der Waals surface area contributed by atoms with Gasteiger partial charge in [-0.25, -0.2) is 37.7 Å². The van der Waals surface area contributed by atoms with E-state index in [4.69, 9.17) is 23.7 Å². The third kappa shape index (κ3) is 7.34. The van der Waals surface area contributed by atoms with Crippen molar-refractivity contribution in [3.63, 3.8) is 0 Å². The minimum absolute atomic E-state index is 0.00774. The van der Waals surface area contributed by atoms with E-state index >= 15 is 0 Å². The van der Waals surface area contributed by atoms with Gasteiger partial charge in [0.05, 0.1) is 13.2 Å². The molecule has 4 aliphatic rings. The Bertz CT molecular complexity index is 2150. The second kappa shape index (κ2) is 15.1. The van der Waals surface area contributed by atoms with Crippen molar-refractivity contribution in [2.75, 3.05) is 54.1 Å². The molecule has 298 valence electrons. The zero-order valence-electron chi connectivity index (χ0n) is 30.9. The van der Waals surface area contributed by atoms with E-state index in [9.17, 15) is 28.3 Å². The number of piperazine rings is 1. The first-order valence-electron chi connectivity index (χ1n) is 18.3. The molecule has 8 rings (SSSR count). The number of aromatic nitrogens is 3. The van der Waals surface area contributed by atoms with Gasteiger partial charge in [-0.2, -0.15) is 5.10 Å². The van der Waals surface area contributed by atoms with Crippen LogP contribution in [0.1, 0.15) is 19.4 Å². The zero-order chi connectivity index (χ0) is 39.9. The number of aliphatic hydroxyl groups is 1.